The predicted octanol–water partition coefficient (Wildman–Crippen LogP) is 7.43. The highest BCUT2D eigenvalue weighted by molar-refractivity contribution is 6.09. The SMILES string of the molecule is O=C(NC1CCCc2ccccc21)c1cccc(NC(=O)c2ccccc2-c2ccc(C(F)(F)F)cc2)c1. The molecule has 1 atom stereocenters. The Balaban J connectivity index is 1.32. The third kappa shape index (κ3) is 5.47. The second-order valence-corrected chi connectivity index (χ2v) is 9.27. The Bertz CT molecular complexity index is 1480. The molecule has 4 nitrogen and oxygen atoms in total. The molecule has 1 unspecified atom stereocenters. The van der Waals surface area contributed by atoms with E-state index < -0.39 is 17.6 Å². The molecule has 1 aliphatic carbocycles. The minimum Gasteiger partial charge on any atom is -0.345 e. The summed E-state index contributed by atoms with van der Waals surface area (Å²) < 4.78 is 38.9. The lowest BCUT2D eigenvalue weighted by atomic mass is 9.87. The monoisotopic (exact) mass is 514 g/mol. The summed E-state index contributed by atoms with van der Waals surface area (Å²) in [6.45, 7) is 0. The second kappa shape index (κ2) is 10.5. The topological polar surface area (TPSA) is 58.2 Å². The zero-order valence-corrected chi connectivity index (χ0v) is 20.4. The number of benzene rings is 4. The van der Waals surface area contributed by atoms with Gasteiger partial charge in [-0.2, -0.15) is 13.2 Å². The molecule has 0 saturated heterocycles. The molecular formula is C31H25F3N2O2. The van der Waals surface area contributed by atoms with Gasteiger partial charge in [0.15, 0.2) is 0 Å². The number of carbonyl (C=O) groups is 2. The Labute approximate surface area is 218 Å². The van der Waals surface area contributed by atoms with E-state index in [0.29, 0.717) is 27.9 Å². The van der Waals surface area contributed by atoms with Crippen molar-refractivity contribution < 1.29 is 22.8 Å². The fourth-order valence-electron chi connectivity index (χ4n) is 4.85. The molecule has 4 aromatic carbocycles. The molecule has 4 aromatic rings. The van der Waals surface area contributed by atoms with Gasteiger partial charge in [0.2, 0.25) is 0 Å². The number of anilines is 1. The van der Waals surface area contributed by atoms with Crippen LogP contribution in [0.1, 0.15) is 56.3 Å². The summed E-state index contributed by atoms with van der Waals surface area (Å²) in [4.78, 5) is 26.2. The van der Waals surface area contributed by atoms with Gasteiger partial charge in [0.25, 0.3) is 11.8 Å². The Kier molecular flexibility index (Phi) is 7.01. The highest BCUT2D eigenvalue weighted by Crippen LogP contribution is 2.32. The zero-order valence-electron chi connectivity index (χ0n) is 20.4. The normalized spacial score (nSPS) is 14.9. The van der Waals surface area contributed by atoms with Crippen molar-refractivity contribution in [3.63, 3.8) is 0 Å². The Morgan fingerprint density at radius 1 is 0.789 bits per heavy atom. The summed E-state index contributed by atoms with van der Waals surface area (Å²) in [5.74, 6) is -0.660. The van der Waals surface area contributed by atoms with Crippen molar-refractivity contribution >= 4 is 17.5 Å². The highest BCUT2D eigenvalue weighted by Gasteiger charge is 2.30. The van der Waals surface area contributed by atoms with E-state index in [0.717, 1.165) is 37.0 Å². The molecule has 2 N–H and O–H groups in total. The molecule has 192 valence electrons. The van der Waals surface area contributed by atoms with E-state index in [-0.39, 0.29) is 11.9 Å². The van der Waals surface area contributed by atoms with Crippen LogP contribution < -0.4 is 10.6 Å². The van der Waals surface area contributed by atoms with Crippen molar-refractivity contribution in [1.82, 2.24) is 5.32 Å². The van der Waals surface area contributed by atoms with Crippen LogP contribution in [0.3, 0.4) is 0 Å². The number of amides is 2. The van der Waals surface area contributed by atoms with Crippen LogP contribution in [-0.2, 0) is 12.6 Å². The van der Waals surface area contributed by atoms with Crippen LogP contribution in [0.4, 0.5) is 18.9 Å². The molecular weight excluding hydrogens is 489 g/mol. The van der Waals surface area contributed by atoms with E-state index in [2.05, 4.69) is 16.7 Å². The number of hydrogen-bond donors (Lipinski definition) is 2. The number of nitrogens with one attached hydrogen (secondary N) is 2. The van der Waals surface area contributed by atoms with Crippen molar-refractivity contribution in [1.29, 1.82) is 0 Å². The van der Waals surface area contributed by atoms with Gasteiger partial charge in [-0.1, -0.05) is 60.7 Å². The Hall–Kier alpha value is -4.39. The third-order valence-electron chi connectivity index (χ3n) is 6.75. The fourth-order valence-corrected chi connectivity index (χ4v) is 4.85. The maximum Gasteiger partial charge on any atom is 0.416 e. The molecule has 0 aromatic heterocycles. The van der Waals surface area contributed by atoms with Gasteiger partial charge in [-0.05, 0) is 77.9 Å². The predicted molar refractivity (Wildman–Crippen MR) is 141 cm³/mol. The van der Waals surface area contributed by atoms with Crippen molar-refractivity contribution in [2.75, 3.05) is 5.32 Å². The molecule has 2 amide bonds. The van der Waals surface area contributed by atoms with Crippen molar-refractivity contribution in [2.24, 2.45) is 0 Å². The maximum absolute atomic E-state index is 13.2. The lowest BCUT2D eigenvalue weighted by molar-refractivity contribution is -0.137. The van der Waals surface area contributed by atoms with E-state index in [1.807, 2.05) is 18.2 Å². The number of aryl methyl sites for hydroxylation is 1. The molecule has 0 aliphatic heterocycles. The van der Waals surface area contributed by atoms with Gasteiger partial charge < -0.3 is 10.6 Å². The number of hydrogen-bond acceptors (Lipinski definition) is 2. The first-order valence-electron chi connectivity index (χ1n) is 12.4. The van der Waals surface area contributed by atoms with Gasteiger partial charge in [0.1, 0.15) is 0 Å². The number of rotatable bonds is 5. The molecule has 7 heteroatoms. The standard InChI is InChI=1S/C31H25F3N2O2/c32-31(33,34)23-17-15-21(16-18-23)25-11-3-4-13-27(25)30(38)35-24-10-5-9-22(19-24)29(37)36-28-14-6-8-20-7-1-2-12-26(20)28/h1-5,7,9-13,15-19,28H,6,8,14H2,(H,35,38)(H,36,37). The first kappa shape index (κ1) is 25.3. The Morgan fingerprint density at radius 2 is 1.53 bits per heavy atom. The summed E-state index contributed by atoms with van der Waals surface area (Å²) in [5, 5.41) is 5.94. The van der Waals surface area contributed by atoms with Crippen LogP contribution in [0.25, 0.3) is 11.1 Å². The first-order valence-corrected chi connectivity index (χ1v) is 12.4. The average Bonchev–Trinajstić information content (AvgIpc) is 2.93. The van der Waals surface area contributed by atoms with Crippen molar-refractivity contribution in [2.45, 2.75) is 31.5 Å². The van der Waals surface area contributed by atoms with Gasteiger partial charge >= 0.3 is 6.18 Å². The molecule has 0 saturated carbocycles. The molecule has 0 spiro atoms. The van der Waals surface area contributed by atoms with Crippen LogP contribution in [0.5, 0.6) is 0 Å². The molecule has 1 aliphatic rings. The van der Waals surface area contributed by atoms with E-state index in [1.165, 1.54) is 17.7 Å². The smallest absolute Gasteiger partial charge is 0.345 e. The van der Waals surface area contributed by atoms with Gasteiger partial charge in [0.05, 0.1) is 11.6 Å². The quantitative estimate of drug-likeness (QED) is 0.291. The summed E-state index contributed by atoms with van der Waals surface area (Å²) in [6.07, 6.45) is -1.58. The van der Waals surface area contributed by atoms with E-state index >= 15 is 0 Å². The van der Waals surface area contributed by atoms with E-state index in [4.69, 9.17) is 0 Å². The lowest BCUT2D eigenvalue weighted by Gasteiger charge is -2.26. The fraction of sp³-hybridized carbons (Fsp3) is 0.161. The summed E-state index contributed by atoms with van der Waals surface area (Å²) in [7, 11) is 0. The molecule has 5 rings (SSSR count). The number of halogens is 3. The molecule has 0 bridgehead atoms. The average molecular weight is 515 g/mol. The Morgan fingerprint density at radius 3 is 2.32 bits per heavy atom. The van der Waals surface area contributed by atoms with Crippen LogP contribution in [-0.4, -0.2) is 11.8 Å². The second-order valence-electron chi connectivity index (χ2n) is 9.27. The highest BCUT2D eigenvalue weighted by atomic mass is 19.4. The molecule has 0 fully saturated rings. The summed E-state index contributed by atoms with van der Waals surface area (Å²) in [5.41, 5.74) is 3.79. The van der Waals surface area contributed by atoms with Gasteiger partial charge in [-0.15, -0.1) is 0 Å². The van der Waals surface area contributed by atoms with Crippen LogP contribution in [0.15, 0.2) is 97.1 Å². The van der Waals surface area contributed by atoms with Crippen LogP contribution in [0, 0.1) is 0 Å². The van der Waals surface area contributed by atoms with Crippen molar-refractivity contribution in [3.05, 3.63) is 125 Å². The van der Waals surface area contributed by atoms with Gasteiger partial charge in [-0.3, -0.25) is 9.59 Å². The van der Waals surface area contributed by atoms with Crippen molar-refractivity contribution in [3.8, 4) is 11.1 Å². The van der Waals surface area contributed by atoms with Crippen LogP contribution >= 0.6 is 0 Å². The largest absolute Gasteiger partial charge is 0.416 e. The minimum absolute atomic E-state index is 0.0682. The summed E-state index contributed by atoms with van der Waals surface area (Å²) >= 11 is 0. The third-order valence-corrected chi connectivity index (χ3v) is 6.75. The molecule has 38 heavy (non-hydrogen) atoms. The number of fused-ring (bicyclic) bond motifs is 1. The van der Waals surface area contributed by atoms with Crippen LogP contribution in [0.2, 0.25) is 0 Å². The molecule has 0 radical (unpaired) electrons. The first-order chi connectivity index (χ1) is 18.3. The maximum atomic E-state index is 13.2. The van der Waals surface area contributed by atoms with E-state index in [1.54, 1.807) is 48.5 Å². The van der Waals surface area contributed by atoms with Gasteiger partial charge in [-0.25, -0.2) is 0 Å². The minimum atomic E-state index is -4.44. The van der Waals surface area contributed by atoms with E-state index in [9.17, 15) is 22.8 Å². The number of alkyl halides is 3. The summed E-state index contributed by atoms with van der Waals surface area (Å²) in [6, 6.07) is 26.1. The molecule has 0 heterocycles. The number of carbonyl (C=O) groups excluding carboxylic acids is 2. The van der Waals surface area contributed by atoms with Gasteiger partial charge in [0, 0.05) is 16.8 Å². The zero-order chi connectivity index (χ0) is 26.7. The lowest BCUT2D eigenvalue weighted by Crippen LogP contribution is -2.31.